The summed E-state index contributed by atoms with van der Waals surface area (Å²) in [5.74, 6) is 0.437. The van der Waals surface area contributed by atoms with Gasteiger partial charge in [0.05, 0.1) is 12.7 Å². The first-order valence-electron chi connectivity index (χ1n) is 7.48. The number of hydrogen-bond donors (Lipinski definition) is 0. The van der Waals surface area contributed by atoms with Gasteiger partial charge in [-0.2, -0.15) is 13.2 Å². The fraction of sp³-hybridized carbons (Fsp3) is 0.211. The molecule has 0 radical (unpaired) electrons. The molecule has 0 unspecified atom stereocenters. The molecule has 0 N–H and O–H groups in total. The number of hydrogen-bond acceptors (Lipinski definition) is 2. The van der Waals surface area contributed by atoms with Crippen LogP contribution in [-0.2, 0) is 12.6 Å². The van der Waals surface area contributed by atoms with Gasteiger partial charge in [0.15, 0.2) is 5.78 Å². The van der Waals surface area contributed by atoms with Gasteiger partial charge in [-0.15, -0.1) is 0 Å². The molecule has 0 fully saturated rings. The van der Waals surface area contributed by atoms with Crippen LogP contribution in [-0.4, -0.2) is 12.9 Å². The van der Waals surface area contributed by atoms with Crippen LogP contribution < -0.4 is 4.74 Å². The molecule has 0 bridgehead atoms. The first-order chi connectivity index (χ1) is 11.4. The van der Waals surface area contributed by atoms with E-state index < -0.39 is 11.7 Å². The van der Waals surface area contributed by atoms with E-state index in [1.54, 1.807) is 25.3 Å². The summed E-state index contributed by atoms with van der Waals surface area (Å²) in [5.41, 5.74) is 1.07. The van der Waals surface area contributed by atoms with Crippen molar-refractivity contribution in [3.63, 3.8) is 0 Å². The lowest BCUT2D eigenvalue weighted by Crippen LogP contribution is -2.15. The molecule has 0 aliphatic heterocycles. The van der Waals surface area contributed by atoms with Crippen molar-refractivity contribution in [1.82, 2.24) is 0 Å². The Morgan fingerprint density at radius 3 is 2.54 bits per heavy atom. The van der Waals surface area contributed by atoms with Crippen LogP contribution in [0.25, 0.3) is 6.08 Å². The quantitative estimate of drug-likeness (QED) is 0.729. The zero-order valence-electron chi connectivity index (χ0n) is 13.0. The van der Waals surface area contributed by atoms with Crippen molar-refractivity contribution < 1.29 is 22.7 Å². The summed E-state index contributed by atoms with van der Waals surface area (Å²) in [4.78, 5) is 12.6. The Morgan fingerprint density at radius 1 is 1.08 bits per heavy atom. The first-order valence-corrected chi connectivity index (χ1v) is 7.48. The van der Waals surface area contributed by atoms with E-state index >= 15 is 0 Å². The van der Waals surface area contributed by atoms with E-state index in [1.807, 2.05) is 0 Å². The Balaban J connectivity index is 2.00. The second-order valence-corrected chi connectivity index (χ2v) is 5.61. The number of halogens is 3. The number of alkyl halides is 3. The highest BCUT2D eigenvalue weighted by Crippen LogP contribution is 2.35. The van der Waals surface area contributed by atoms with Crippen molar-refractivity contribution in [2.24, 2.45) is 0 Å². The molecule has 1 aliphatic rings. The van der Waals surface area contributed by atoms with Gasteiger partial charge in [-0.3, -0.25) is 4.79 Å². The Morgan fingerprint density at radius 2 is 1.83 bits per heavy atom. The summed E-state index contributed by atoms with van der Waals surface area (Å²) in [6.07, 6.45) is -2.08. The molecule has 1 aliphatic carbocycles. The summed E-state index contributed by atoms with van der Waals surface area (Å²) in [5, 5.41) is 0. The number of ether oxygens (including phenoxy) is 1. The molecule has 0 heterocycles. The fourth-order valence-corrected chi connectivity index (χ4v) is 2.89. The lowest BCUT2D eigenvalue weighted by Gasteiger charge is -2.19. The van der Waals surface area contributed by atoms with Crippen molar-refractivity contribution >= 4 is 11.9 Å². The standard InChI is InChI=1S/C19H15F3O2/c1-24-15-8-9-16-12(11-15)6-7-14(18(16)23)10-13-4-2-3-5-17(13)19(20,21)22/h2-5,8-11H,6-7H2,1H3/b14-10+. The Bertz CT molecular complexity index is 820. The number of allylic oxidation sites excluding steroid dienone is 1. The second-order valence-electron chi connectivity index (χ2n) is 5.61. The average Bonchev–Trinajstić information content (AvgIpc) is 2.56. The molecule has 2 nitrogen and oxygen atoms in total. The van der Waals surface area contributed by atoms with Crippen LogP contribution >= 0.6 is 0 Å². The van der Waals surface area contributed by atoms with E-state index in [2.05, 4.69) is 0 Å². The lowest BCUT2D eigenvalue weighted by molar-refractivity contribution is -0.137. The smallest absolute Gasteiger partial charge is 0.416 e. The zero-order chi connectivity index (χ0) is 17.3. The largest absolute Gasteiger partial charge is 0.497 e. The summed E-state index contributed by atoms with van der Waals surface area (Å²) >= 11 is 0. The van der Waals surface area contributed by atoms with E-state index in [4.69, 9.17) is 4.74 Å². The van der Waals surface area contributed by atoms with Gasteiger partial charge >= 0.3 is 6.18 Å². The number of benzene rings is 2. The van der Waals surface area contributed by atoms with Crippen LogP contribution in [0.5, 0.6) is 5.75 Å². The lowest BCUT2D eigenvalue weighted by atomic mass is 9.85. The SMILES string of the molecule is COc1ccc2c(c1)CC/C(=C\c1ccccc1C(F)(F)F)C2=O. The molecular formula is C19H15F3O2. The second kappa shape index (κ2) is 6.15. The van der Waals surface area contributed by atoms with Gasteiger partial charge in [-0.05, 0) is 54.3 Å². The minimum atomic E-state index is -4.45. The minimum absolute atomic E-state index is 0.0188. The number of methoxy groups -OCH3 is 1. The van der Waals surface area contributed by atoms with Crippen molar-refractivity contribution in [2.45, 2.75) is 19.0 Å². The molecule has 24 heavy (non-hydrogen) atoms. The number of carbonyl (C=O) groups is 1. The number of aryl methyl sites for hydroxylation is 1. The van der Waals surface area contributed by atoms with Gasteiger partial charge in [-0.25, -0.2) is 0 Å². The van der Waals surface area contributed by atoms with Crippen molar-refractivity contribution in [2.75, 3.05) is 7.11 Å². The first kappa shape index (κ1) is 16.3. The maximum absolute atomic E-state index is 13.1. The van der Waals surface area contributed by atoms with E-state index in [0.717, 1.165) is 11.6 Å². The summed E-state index contributed by atoms with van der Waals surface area (Å²) < 4.78 is 44.4. The van der Waals surface area contributed by atoms with Crippen LogP contribution in [0.3, 0.4) is 0 Å². The van der Waals surface area contributed by atoms with Gasteiger partial charge in [-0.1, -0.05) is 18.2 Å². The Hall–Kier alpha value is -2.56. The molecule has 0 aromatic heterocycles. The predicted octanol–water partition coefficient (Wildman–Crippen LogP) is 4.93. The number of rotatable bonds is 2. The van der Waals surface area contributed by atoms with Gasteiger partial charge in [0, 0.05) is 11.1 Å². The van der Waals surface area contributed by atoms with Gasteiger partial charge in [0.1, 0.15) is 5.75 Å². The molecule has 0 saturated carbocycles. The topological polar surface area (TPSA) is 26.3 Å². The summed E-state index contributed by atoms with van der Waals surface area (Å²) in [7, 11) is 1.55. The van der Waals surface area contributed by atoms with Gasteiger partial charge in [0.25, 0.3) is 0 Å². The van der Waals surface area contributed by atoms with E-state index in [1.165, 1.54) is 24.3 Å². The molecule has 0 amide bonds. The molecule has 0 atom stereocenters. The molecule has 124 valence electrons. The van der Waals surface area contributed by atoms with Crippen molar-refractivity contribution in [3.8, 4) is 5.75 Å². The summed E-state index contributed by atoms with van der Waals surface area (Å²) in [6, 6.07) is 10.4. The number of Topliss-reactive ketones (excluding diaryl/α,β-unsaturated/α-hetero) is 1. The highest BCUT2D eigenvalue weighted by atomic mass is 19.4. The molecule has 2 aromatic carbocycles. The molecular weight excluding hydrogens is 317 g/mol. The van der Waals surface area contributed by atoms with Crippen LogP contribution in [0.4, 0.5) is 13.2 Å². The van der Waals surface area contributed by atoms with Gasteiger partial charge in [0.2, 0.25) is 0 Å². The molecule has 0 spiro atoms. The third kappa shape index (κ3) is 3.07. The summed E-state index contributed by atoms with van der Waals surface area (Å²) in [6.45, 7) is 0. The third-order valence-electron chi connectivity index (χ3n) is 4.11. The number of fused-ring (bicyclic) bond motifs is 1. The van der Waals surface area contributed by atoms with Crippen LogP contribution in [0.15, 0.2) is 48.0 Å². The maximum Gasteiger partial charge on any atom is 0.416 e. The highest BCUT2D eigenvalue weighted by molar-refractivity contribution is 6.13. The molecule has 2 aromatic rings. The van der Waals surface area contributed by atoms with Crippen molar-refractivity contribution in [3.05, 3.63) is 70.3 Å². The number of carbonyl (C=O) groups excluding carboxylic acids is 1. The Kier molecular flexibility index (Phi) is 4.18. The Labute approximate surface area is 137 Å². The highest BCUT2D eigenvalue weighted by Gasteiger charge is 2.33. The third-order valence-corrected chi connectivity index (χ3v) is 4.11. The minimum Gasteiger partial charge on any atom is -0.497 e. The molecule has 5 heteroatoms. The molecule has 3 rings (SSSR count). The van der Waals surface area contributed by atoms with Gasteiger partial charge < -0.3 is 4.74 Å². The maximum atomic E-state index is 13.1. The fourth-order valence-electron chi connectivity index (χ4n) is 2.89. The van der Waals surface area contributed by atoms with E-state index in [-0.39, 0.29) is 11.3 Å². The van der Waals surface area contributed by atoms with E-state index in [9.17, 15) is 18.0 Å². The monoisotopic (exact) mass is 332 g/mol. The predicted molar refractivity (Wildman–Crippen MR) is 85.1 cm³/mol. The van der Waals surface area contributed by atoms with Crippen LogP contribution in [0.2, 0.25) is 0 Å². The van der Waals surface area contributed by atoms with Crippen molar-refractivity contribution in [1.29, 1.82) is 0 Å². The average molecular weight is 332 g/mol. The normalized spacial score (nSPS) is 16.2. The van der Waals surface area contributed by atoms with E-state index in [0.29, 0.717) is 29.7 Å². The van der Waals surface area contributed by atoms with Crippen LogP contribution in [0.1, 0.15) is 33.5 Å². The number of ketones is 1. The molecule has 0 saturated heterocycles. The zero-order valence-corrected chi connectivity index (χ0v) is 13.0. The van der Waals surface area contributed by atoms with Crippen LogP contribution in [0, 0.1) is 0 Å².